The molecule has 1 N–H and O–H groups in total. The van der Waals surface area contributed by atoms with Crippen LogP contribution in [-0.4, -0.2) is 55.2 Å². The summed E-state index contributed by atoms with van der Waals surface area (Å²) in [6.07, 6.45) is -2.70. The summed E-state index contributed by atoms with van der Waals surface area (Å²) in [5, 5.41) is 6.51. The molecular weight excluding hydrogens is 537 g/mol. The van der Waals surface area contributed by atoms with Crippen molar-refractivity contribution in [3.63, 3.8) is 0 Å². The average Bonchev–Trinajstić information content (AvgIpc) is 3.38. The van der Waals surface area contributed by atoms with E-state index in [0.717, 1.165) is 17.1 Å². The van der Waals surface area contributed by atoms with E-state index >= 15 is 0 Å². The molecule has 1 fully saturated rings. The number of fused-ring (bicyclic) bond motifs is 1. The van der Waals surface area contributed by atoms with E-state index in [0.29, 0.717) is 59.5 Å². The summed E-state index contributed by atoms with van der Waals surface area (Å²) in [6, 6.07) is 14.6. The highest BCUT2D eigenvalue weighted by atomic mass is 35.5. The lowest BCUT2D eigenvalue weighted by Crippen LogP contribution is -2.47. The zero-order valence-electron chi connectivity index (χ0n) is 20.2. The van der Waals surface area contributed by atoms with E-state index in [1.165, 1.54) is 23.5 Å². The average molecular weight is 561 g/mol. The molecule has 1 aliphatic heterocycles. The van der Waals surface area contributed by atoms with Crippen LogP contribution in [0.2, 0.25) is 5.02 Å². The Bertz CT molecular complexity index is 1440. The van der Waals surface area contributed by atoms with E-state index in [9.17, 15) is 18.0 Å². The van der Waals surface area contributed by atoms with Crippen LogP contribution < -0.4 is 10.2 Å². The second-order valence-corrected chi connectivity index (χ2v) is 10.1. The second-order valence-electron chi connectivity index (χ2n) is 8.80. The molecule has 0 unspecified atom stereocenters. The normalized spacial score (nSPS) is 14.6. The van der Waals surface area contributed by atoms with Gasteiger partial charge in [0, 0.05) is 55.7 Å². The molecule has 0 spiro atoms. The maximum absolute atomic E-state index is 13.0. The number of carbonyl (C=O) groups is 1. The zero-order chi connectivity index (χ0) is 26.7. The molecule has 38 heavy (non-hydrogen) atoms. The van der Waals surface area contributed by atoms with E-state index in [1.807, 2.05) is 34.5 Å². The molecule has 0 aliphatic carbocycles. The van der Waals surface area contributed by atoms with Crippen LogP contribution in [0.3, 0.4) is 0 Å². The van der Waals surface area contributed by atoms with Crippen molar-refractivity contribution in [3.8, 4) is 0 Å². The lowest BCUT2D eigenvalue weighted by atomic mass is 10.1. The molecule has 0 bridgehead atoms. The van der Waals surface area contributed by atoms with Gasteiger partial charge in [0.2, 0.25) is 0 Å². The van der Waals surface area contributed by atoms with E-state index in [4.69, 9.17) is 16.3 Å². The Morgan fingerprint density at radius 3 is 2.63 bits per heavy atom. The second kappa shape index (κ2) is 11.2. The van der Waals surface area contributed by atoms with Crippen molar-refractivity contribution in [2.45, 2.75) is 6.18 Å². The predicted octanol–water partition coefficient (Wildman–Crippen LogP) is 6.69. The standard InChI is InChI=1S/C27H24ClF3N4O2S/c28-21-6-2-5-20-22(7-9-32-24(20)21)33-23-8-16-38-25(23)26(36)37-15-14-34-10-12-35(13-11-34)19-4-1-3-18(17-19)27(29,30)31/h1-9,16-17H,10-15H2,(H,32,33). The number of nitrogens with one attached hydrogen (secondary N) is 1. The van der Waals surface area contributed by atoms with Crippen molar-refractivity contribution in [2.75, 3.05) is 49.5 Å². The Morgan fingerprint density at radius 2 is 1.84 bits per heavy atom. The molecule has 1 saturated heterocycles. The first kappa shape index (κ1) is 26.3. The van der Waals surface area contributed by atoms with E-state index in [2.05, 4.69) is 15.2 Å². The number of alkyl halides is 3. The lowest BCUT2D eigenvalue weighted by Gasteiger charge is -2.36. The fourth-order valence-electron chi connectivity index (χ4n) is 4.40. The van der Waals surface area contributed by atoms with Crippen LogP contribution >= 0.6 is 22.9 Å². The maximum Gasteiger partial charge on any atom is 0.416 e. The third-order valence-electron chi connectivity index (χ3n) is 6.39. The van der Waals surface area contributed by atoms with Crippen LogP contribution in [0, 0.1) is 0 Å². The largest absolute Gasteiger partial charge is 0.460 e. The van der Waals surface area contributed by atoms with Crippen LogP contribution in [0.1, 0.15) is 15.2 Å². The van der Waals surface area contributed by atoms with Gasteiger partial charge in [-0.05, 0) is 41.8 Å². The first-order chi connectivity index (χ1) is 18.3. The molecule has 2 aromatic heterocycles. The fraction of sp³-hybridized carbons (Fsp3) is 0.259. The summed E-state index contributed by atoms with van der Waals surface area (Å²) in [5.41, 5.74) is 2.01. The molecule has 198 valence electrons. The van der Waals surface area contributed by atoms with E-state index in [1.54, 1.807) is 18.3 Å². The smallest absolute Gasteiger partial charge is 0.416 e. The summed E-state index contributed by atoms with van der Waals surface area (Å²) < 4.78 is 44.7. The Hall–Kier alpha value is -3.34. The summed E-state index contributed by atoms with van der Waals surface area (Å²) in [5.74, 6) is -0.415. The third-order valence-corrected chi connectivity index (χ3v) is 7.59. The number of pyridine rings is 1. The van der Waals surface area contributed by atoms with Gasteiger partial charge in [-0.1, -0.05) is 29.8 Å². The predicted molar refractivity (Wildman–Crippen MR) is 145 cm³/mol. The van der Waals surface area contributed by atoms with Crippen LogP contribution in [0.5, 0.6) is 0 Å². The minimum Gasteiger partial charge on any atom is -0.460 e. The molecule has 3 heterocycles. The molecule has 0 atom stereocenters. The zero-order valence-corrected chi connectivity index (χ0v) is 21.7. The number of para-hydroxylation sites is 1. The van der Waals surface area contributed by atoms with Gasteiger partial charge in [0.1, 0.15) is 11.5 Å². The maximum atomic E-state index is 13.0. The van der Waals surface area contributed by atoms with Gasteiger partial charge in [-0.3, -0.25) is 9.88 Å². The van der Waals surface area contributed by atoms with Gasteiger partial charge < -0.3 is 15.0 Å². The van der Waals surface area contributed by atoms with E-state index in [-0.39, 0.29) is 6.61 Å². The molecule has 1 aliphatic rings. The molecule has 2 aromatic carbocycles. The number of carbonyl (C=O) groups excluding carboxylic acids is 1. The number of nitrogens with zero attached hydrogens (tertiary/aromatic N) is 3. The molecule has 0 amide bonds. The van der Waals surface area contributed by atoms with Gasteiger partial charge in [-0.15, -0.1) is 11.3 Å². The highest BCUT2D eigenvalue weighted by Gasteiger charge is 2.31. The summed E-state index contributed by atoms with van der Waals surface area (Å²) in [6.45, 7) is 3.28. The van der Waals surface area contributed by atoms with E-state index < -0.39 is 17.7 Å². The summed E-state index contributed by atoms with van der Waals surface area (Å²) in [4.78, 5) is 21.7. The topological polar surface area (TPSA) is 57.7 Å². The molecule has 0 saturated carbocycles. The van der Waals surface area contributed by atoms with Crippen molar-refractivity contribution in [1.82, 2.24) is 9.88 Å². The summed E-state index contributed by atoms with van der Waals surface area (Å²) in [7, 11) is 0. The van der Waals surface area contributed by atoms with Gasteiger partial charge in [-0.2, -0.15) is 13.2 Å². The van der Waals surface area contributed by atoms with Crippen LogP contribution in [0.15, 0.2) is 66.2 Å². The van der Waals surface area contributed by atoms with Crippen molar-refractivity contribution in [3.05, 3.63) is 81.6 Å². The number of hydrogen-bond acceptors (Lipinski definition) is 7. The van der Waals surface area contributed by atoms with Crippen molar-refractivity contribution in [1.29, 1.82) is 0 Å². The number of benzene rings is 2. The third kappa shape index (κ3) is 5.87. The number of halogens is 4. The van der Waals surface area contributed by atoms with Crippen molar-refractivity contribution < 1.29 is 22.7 Å². The number of anilines is 3. The molecular formula is C27H24ClF3N4O2S. The monoisotopic (exact) mass is 560 g/mol. The Balaban J connectivity index is 1.13. The van der Waals surface area contributed by atoms with Crippen LogP contribution in [-0.2, 0) is 10.9 Å². The first-order valence-corrected chi connectivity index (χ1v) is 13.2. The first-order valence-electron chi connectivity index (χ1n) is 12.0. The van der Waals surface area contributed by atoms with Gasteiger partial charge in [-0.25, -0.2) is 4.79 Å². The quantitative estimate of drug-likeness (QED) is 0.254. The minimum atomic E-state index is -4.36. The van der Waals surface area contributed by atoms with Gasteiger partial charge in [0.25, 0.3) is 0 Å². The fourth-order valence-corrected chi connectivity index (χ4v) is 5.37. The Kier molecular flexibility index (Phi) is 7.73. The molecule has 6 nitrogen and oxygen atoms in total. The van der Waals surface area contributed by atoms with Crippen molar-refractivity contribution in [2.24, 2.45) is 0 Å². The molecule has 0 radical (unpaired) electrons. The number of piperazine rings is 1. The number of thiophene rings is 1. The molecule has 5 rings (SSSR count). The van der Waals surface area contributed by atoms with Gasteiger partial charge in [0.05, 0.1) is 21.8 Å². The number of rotatable bonds is 7. The number of esters is 1. The van der Waals surface area contributed by atoms with Crippen LogP contribution in [0.4, 0.5) is 30.2 Å². The van der Waals surface area contributed by atoms with Crippen molar-refractivity contribution >= 4 is 56.9 Å². The Morgan fingerprint density at radius 1 is 1.05 bits per heavy atom. The number of aromatic nitrogens is 1. The molecule has 11 heteroatoms. The lowest BCUT2D eigenvalue weighted by molar-refractivity contribution is -0.137. The highest BCUT2D eigenvalue weighted by Crippen LogP contribution is 2.33. The Labute approximate surface area is 226 Å². The number of ether oxygens (including phenoxy) is 1. The number of hydrogen-bond donors (Lipinski definition) is 1. The summed E-state index contributed by atoms with van der Waals surface area (Å²) >= 11 is 7.56. The SMILES string of the molecule is O=C(OCCN1CCN(c2cccc(C(F)(F)F)c2)CC1)c1sccc1Nc1ccnc2c(Cl)cccc12. The van der Waals surface area contributed by atoms with Crippen LogP contribution in [0.25, 0.3) is 10.9 Å². The minimum absolute atomic E-state index is 0.216. The molecule has 4 aromatic rings. The highest BCUT2D eigenvalue weighted by molar-refractivity contribution is 7.12. The van der Waals surface area contributed by atoms with Gasteiger partial charge >= 0.3 is 12.1 Å². The van der Waals surface area contributed by atoms with Gasteiger partial charge in [0.15, 0.2) is 0 Å².